The lowest BCUT2D eigenvalue weighted by Crippen LogP contribution is -2.07. The molecule has 0 atom stereocenters. The van der Waals surface area contributed by atoms with E-state index < -0.39 is 0 Å². The molecule has 19 heavy (non-hydrogen) atoms. The Labute approximate surface area is 122 Å². The summed E-state index contributed by atoms with van der Waals surface area (Å²) in [5, 5.41) is 7.89. The summed E-state index contributed by atoms with van der Waals surface area (Å²) in [6.45, 7) is 0.911. The zero-order chi connectivity index (χ0) is 13.5. The Balaban J connectivity index is 1.79. The van der Waals surface area contributed by atoms with Gasteiger partial charge >= 0.3 is 0 Å². The van der Waals surface area contributed by atoms with Gasteiger partial charge in [0.25, 0.3) is 5.78 Å². The molecule has 0 saturated heterocycles. The summed E-state index contributed by atoms with van der Waals surface area (Å²) in [4.78, 5) is 8.12. The van der Waals surface area contributed by atoms with Crippen molar-refractivity contribution in [2.24, 2.45) is 0 Å². The Morgan fingerprint density at radius 2 is 2.16 bits per heavy atom. The number of nitrogens with zero attached hydrogens (tertiary/aromatic N) is 4. The minimum atomic E-state index is 0.433. The molecule has 0 aliphatic heterocycles. The van der Waals surface area contributed by atoms with Crippen LogP contribution in [0.2, 0.25) is 5.15 Å². The average Bonchev–Trinajstić information content (AvgIpc) is 2.85. The van der Waals surface area contributed by atoms with E-state index in [0.29, 0.717) is 10.9 Å². The van der Waals surface area contributed by atoms with Crippen LogP contribution in [0.3, 0.4) is 0 Å². The first-order chi connectivity index (χ1) is 9.31. The van der Waals surface area contributed by atoms with Crippen molar-refractivity contribution in [3.8, 4) is 0 Å². The maximum atomic E-state index is 5.94. The fourth-order valence-corrected chi connectivity index (χ4v) is 2.52. The van der Waals surface area contributed by atoms with Gasteiger partial charge in [0.05, 0.1) is 0 Å². The molecule has 2 rings (SSSR count). The summed E-state index contributed by atoms with van der Waals surface area (Å²) in [5.74, 6) is 2.62. The van der Waals surface area contributed by atoms with E-state index in [1.165, 1.54) is 31.3 Å². The van der Waals surface area contributed by atoms with Crippen LogP contribution in [0.5, 0.6) is 0 Å². The zero-order valence-corrected chi connectivity index (χ0v) is 12.5. The molecule has 0 amide bonds. The topological polar surface area (TPSA) is 55.1 Å². The minimum absolute atomic E-state index is 0.433. The maximum Gasteiger partial charge on any atom is 0.255 e. The number of fused-ring (bicyclic) bond motifs is 1. The first-order valence-corrected chi connectivity index (χ1v) is 8.17. The molecule has 0 aromatic carbocycles. The summed E-state index contributed by atoms with van der Waals surface area (Å²) in [6, 6.07) is 1.77. The highest BCUT2D eigenvalue weighted by Crippen LogP contribution is 2.14. The van der Waals surface area contributed by atoms with Gasteiger partial charge < -0.3 is 5.32 Å². The van der Waals surface area contributed by atoms with Gasteiger partial charge in [-0.05, 0) is 24.9 Å². The molecule has 104 valence electrons. The van der Waals surface area contributed by atoms with Crippen LogP contribution in [0.1, 0.15) is 25.7 Å². The summed E-state index contributed by atoms with van der Waals surface area (Å²) >= 11 is 7.85. The van der Waals surface area contributed by atoms with Gasteiger partial charge in [0, 0.05) is 12.6 Å². The summed E-state index contributed by atoms with van der Waals surface area (Å²) in [7, 11) is 0. The second-order valence-corrected chi connectivity index (χ2v) is 5.64. The zero-order valence-electron chi connectivity index (χ0n) is 11.0. The number of aromatic nitrogens is 4. The monoisotopic (exact) mass is 299 g/mol. The van der Waals surface area contributed by atoms with Crippen molar-refractivity contribution < 1.29 is 0 Å². The first-order valence-electron chi connectivity index (χ1n) is 6.40. The van der Waals surface area contributed by atoms with Crippen LogP contribution in [0.15, 0.2) is 12.4 Å². The van der Waals surface area contributed by atoms with Crippen LogP contribution in [-0.4, -0.2) is 38.1 Å². The van der Waals surface area contributed by atoms with Gasteiger partial charge in [-0.3, -0.25) is 0 Å². The van der Waals surface area contributed by atoms with Crippen LogP contribution in [0.25, 0.3) is 5.78 Å². The largest absolute Gasteiger partial charge is 0.370 e. The Bertz CT molecular complexity index is 516. The van der Waals surface area contributed by atoms with E-state index in [9.17, 15) is 0 Å². The van der Waals surface area contributed by atoms with Gasteiger partial charge in [-0.1, -0.05) is 24.4 Å². The molecule has 5 nitrogen and oxygen atoms in total. The number of nitrogens with one attached hydrogen (secondary N) is 1. The fraction of sp³-hybridized carbons (Fsp3) is 0.583. The quantitative estimate of drug-likeness (QED) is 0.599. The molecular weight excluding hydrogens is 282 g/mol. The predicted octanol–water partition coefficient (Wildman–Crippen LogP) is 3.11. The van der Waals surface area contributed by atoms with Crippen molar-refractivity contribution >= 4 is 35.0 Å². The highest BCUT2D eigenvalue weighted by molar-refractivity contribution is 7.98. The van der Waals surface area contributed by atoms with Crippen LogP contribution in [-0.2, 0) is 0 Å². The number of halogens is 1. The van der Waals surface area contributed by atoms with E-state index in [2.05, 4.69) is 26.6 Å². The van der Waals surface area contributed by atoms with Crippen LogP contribution < -0.4 is 5.32 Å². The number of thioether (sulfide) groups is 1. The second-order valence-electron chi connectivity index (χ2n) is 4.27. The number of anilines is 1. The number of hydrogen-bond donors (Lipinski definition) is 1. The molecule has 0 fully saturated rings. The van der Waals surface area contributed by atoms with Crippen molar-refractivity contribution in [2.75, 3.05) is 23.9 Å². The third-order valence-electron chi connectivity index (χ3n) is 2.80. The Morgan fingerprint density at radius 3 is 3.00 bits per heavy atom. The fourth-order valence-electron chi connectivity index (χ4n) is 1.85. The molecule has 0 spiro atoms. The molecule has 0 aliphatic carbocycles. The number of unbranched alkanes of at least 4 members (excludes halogenated alkanes) is 3. The van der Waals surface area contributed by atoms with Crippen LogP contribution in [0, 0.1) is 0 Å². The molecule has 2 heterocycles. The standard InChI is InChI=1S/C12H18ClN5S/c1-19-7-5-3-2-4-6-14-11-8-10(13)17-12-15-9-16-18(11)12/h8-9,14H,2-7H2,1H3. The van der Waals surface area contributed by atoms with Crippen molar-refractivity contribution in [2.45, 2.75) is 25.7 Å². The van der Waals surface area contributed by atoms with Crippen molar-refractivity contribution in [3.63, 3.8) is 0 Å². The first kappa shape index (κ1) is 14.4. The van der Waals surface area contributed by atoms with Crippen molar-refractivity contribution in [1.82, 2.24) is 19.6 Å². The van der Waals surface area contributed by atoms with E-state index in [1.807, 2.05) is 11.8 Å². The van der Waals surface area contributed by atoms with Gasteiger partial charge in [-0.2, -0.15) is 31.3 Å². The molecule has 0 unspecified atom stereocenters. The SMILES string of the molecule is CSCCCCCCNc1cc(Cl)nc2ncnn12. The van der Waals surface area contributed by atoms with Crippen molar-refractivity contribution in [3.05, 3.63) is 17.5 Å². The van der Waals surface area contributed by atoms with Gasteiger partial charge in [0.1, 0.15) is 17.3 Å². The van der Waals surface area contributed by atoms with Gasteiger partial charge in [-0.25, -0.2) is 0 Å². The maximum absolute atomic E-state index is 5.94. The lowest BCUT2D eigenvalue weighted by atomic mass is 10.2. The average molecular weight is 300 g/mol. The smallest absolute Gasteiger partial charge is 0.255 e. The molecule has 2 aromatic rings. The van der Waals surface area contributed by atoms with E-state index in [-0.39, 0.29) is 0 Å². The van der Waals surface area contributed by atoms with E-state index in [0.717, 1.165) is 18.8 Å². The molecule has 0 aliphatic rings. The van der Waals surface area contributed by atoms with Gasteiger partial charge in [0.15, 0.2) is 0 Å². The molecule has 7 heteroatoms. The van der Waals surface area contributed by atoms with Gasteiger partial charge in [0.2, 0.25) is 0 Å². The lowest BCUT2D eigenvalue weighted by molar-refractivity contribution is 0.687. The third-order valence-corrected chi connectivity index (χ3v) is 3.69. The molecule has 0 bridgehead atoms. The number of hydrogen-bond acceptors (Lipinski definition) is 5. The van der Waals surface area contributed by atoms with Crippen LogP contribution in [0.4, 0.5) is 5.82 Å². The molecule has 1 N–H and O–H groups in total. The van der Waals surface area contributed by atoms with E-state index in [4.69, 9.17) is 11.6 Å². The normalized spacial score (nSPS) is 11.1. The van der Waals surface area contributed by atoms with Crippen molar-refractivity contribution in [1.29, 1.82) is 0 Å². The number of rotatable bonds is 8. The Hall–Kier alpha value is -1.01. The summed E-state index contributed by atoms with van der Waals surface area (Å²) < 4.78 is 1.67. The third kappa shape index (κ3) is 4.24. The van der Waals surface area contributed by atoms with E-state index >= 15 is 0 Å². The highest BCUT2D eigenvalue weighted by atomic mass is 35.5. The molecule has 0 saturated carbocycles. The lowest BCUT2D eigenvalue weighted by Gasteiger charge is -2.07. The summed E-state index contributed by atoms with van der Waals surface area (Å²) in [6.07, 6.45) is 8.61. The molecule has 2 aromatic heterocycles. The van der Waals surface area contributed by atoms with E-state index in [1.54, 1.807) is 10.6 Å². The second kappa shape index (κ2) is 7.55. The Morgan fingerprint density at radius 1 is 1.32 bits per heavy atom. The Kier molecular flexibility index (Phi) is 5.72. The summed E-state index contributed by atoms with van der Waals surface area (Å²) in [5.41, 5.74) is 0. The highest BCUT2D eigenvalue weighted by Gasteiger charge is 2.05. The minimum Gasteiger partial charge on any atom is -0.370 e. The van der Waals surface area contributed by atoms with Crippen LogP contribution >= 0.6 is 23.4 Å². The van der Waals surface area contributed by atoms with Gasteiger partial charge in [-0.15, -0.1) is 0 Å². The molecular formula is C12H18ClN5S. The predicted molar refractivity (Wildman–Crippen MR) is 81.1 cm³/mol. The molecule has 0 radical (unpaired) electrons.